The van der Waals surface area contributed by atoms with Gasteiger partial charge < -0.3 is 9.47 Å². The van der Waals surface area contributed by atoms with E-state index < -0.39 is 30.0 Å². The molecule has 6 nitrogen and oxygen atoms in total. The second-order valence-electron chi connectivity index (χ2n) is 4.84. The summed E-state index contributed by atoms with van der Waals surface area (Å²) in [4.78, 5) is 34.5. The smallest absolute Gasteiger partial charge is 0.413 e. The highest BCUT2D eigenvalue weighted by Crippen LogP contribution is 2.24. The molecule has 0 saturated heterocycles. The summed E-state index contributed by atoms with van der Waals surface area (Å²) in [7, 11) is 0. The van der Waals surface area contributed by atoms with Crippen LogP contribution in [0.5, 0.6) is 0 Å². The molecule has 0 aliphatic carbocycles. The van der Waals surface area contributed by atoms with Gasteiger partial charge in [0.1, 0.15) is 0 Å². The van der Waals surface area contributed by atoms with Crippen LogP contribution in [0.2, 0.25) is 0 Å². The van der Waals surface area contributed by atoms with E-state index in [9.17, 15) is 14.4 Å². The zero-order valence-electron chi connectivity index (χ0n) is 12.3. The lowest BCUT2D eigenvalue weighted by atomic mass is 9.85. The number of carbonyl (C=O) groups excluding carboxylic acids is 3. The van der Waals surface area contributed by atoms with E-state index in [0.29, 0.717) is 0 Å². The van der Waals surface area contributed by atoms with Crippen LogP contribution in [-0.4, -0.2) is 31.2 Å². The van der Waals surface area contributed by atoms with Crippen molar-refractivity contribution in [3.63, 3.8) is 0 Å². The maximum absolute atomic E-state index is 12.1. The standard InChI is InChI=1S/C15H19NO5/c1-4-20-14(19)16-12(17)10-21-13(18)15(2,3)11-8-6-5-7-9-11/h5-9H,4,10H2,1-3H3,(H,16,17,19). The molecule has 0 aliphatic rings. The molecule has 0 unspecified atom stereocenters. The van der Waals surface area contributed by atoms with E-state index in [2.05, 4.69) is 4.74 Å². The number of ether oxygens (including phenoxy) is 2. The van der Waals surface area contributed by atoms with Gasteiger partial charge in [0.05, 0.1) is 12.0 Å². The highest BCUT2D eigenvalue weighted by molar-refractivity contribution is 5.93. The van der Waals surface area contributed by atoms with Gasteiger partial charge in [0.2, 0.25) is 0 Å². The van der Waals surface area contributed by atoms with Crippen molar-refractivity contribution in [3.05, 3.63) is 35.9 Å². The Morgan fingerprint density at radius 3 is 2.29 bits per heavy atom. The van der Waals surface area contributed by atoms with Gasteiger partial charge in [0.15, 0.2) is 6.61 Å². The van der Waals surface area contributed by atoms with Crippen molar-refractivity contribution in [1.82, 2.24) is 5.32 Å². The highest BCUT2D eigenvalue weighted by Gasteiger charge is 2.31. The second-order valence-corrected chi connectivity index (χ2v) is 4.84. The number of imide groups is 1. The lowest BCUT2D eigenvalue weighted by molar-refractivity contribution is -0.153. The second kappa shape index (κ2) is 7.42. The first-order valence-corrected chi connectivity index (χ1v) is 6.57. The molecular formula is C15H19NO5. The van der Waals surface area contributed by atoms with Gasteiger partial charge >= 0.3 is 12.1 Å². The van der Waals surface area contributed by atoms with Gasteiger partial charge in [0.25, 0.3) is 5.91 Å². The van der Waals surface area contributed by atoms with Crippen molar-refractivity contribution in [1.29, 1.82) is 0 Å². The monoisotopic (exact) mass is 293 g/mol. The maximum atomic E-state index is 12.1. The van der Waals surface area contributed by atoms with Gasteiger partial charge in [-0.05, 0) is 26.3 Å². The summed E-state index contributed by atoms with van der Waals surface area (Å²) in [6.45, 7) is 4.64. The van der Waals surface area contributed by atoms with Gasteiger partial charge in [-0.15, -0.1) is 0 Å². The van der Waals surface area contributed by atoms with Crippen LogP contribution in [-0.2, 0) is 24.5 Å². The molecule has 0 bridgehead atoms. The summed E-state index contributed by atoms with van der Waals surface area (Å²) in [6, 6.07) is 9.09. The Hall–Kier alpha value is -2.37. The third-order valence-electron chi connectivity index (χ3n) is 2.86. The lowest BCUT2D eigenvalue weighted by Crippen LogP contribution is -2.37. The molecule has 0 fully saturated rings. The molecule has 0 aromatic heterocycles. The molecule has 1 aromatic carbocycles. The zero-order chi connectivity index (χ0) is 15.9. The predicted octanol–water partition coefficient (Wildman–Crippen LogP) is 1.78. The van der Waals surface area contributed by atoms with E-state index in [1.165, 1.54) is 0 Å². The summed E-state index contributed by atoms with van der Waals surface area (Å²) in [5, 5.41) is 1.95. The largest absolute Gasteiger partial charge is 0.455 e. The Bertz CT molecular complexity index is 510. The molecule has 0 saturated carbocycles. The summed E-state index contributed by atoms with van der Waals surface area (Å²) >= 11 is 0. The normalized spacial score (nSPS) is 10.6. The molecule has 0 heterocycles. The minimum absolute atomic E-state index is 0.153. The first-order valence-electron chi connectivity index (χ1n) is 6.57. The average Bonchev–Trinajstić information content (AvgIpc) is 2.45. The SMILES string of the molecule is CCOC(=O)NC(=O)COC(=O)C(C)(C)c1ccccc1. The summed E-state index contributed by atoms with van der Waals surface area (Å²) in [6.07, 6.45) is -0.860. The van der Waals surface area contributed by atoms with Gasteiger partial charge in [-0.25, -0.2) is 4.79 Å². The molecule has 1 N–H and O–H groups in total. The number of hydrogen-bond acceptors (Lipinski definition) is 5. The number of benzene rings is 1. The number of alkyl carbamates (subject to hydrolysis) is 1. The van der Waals surface area contributed by atoms with Crippen LogP contribution in [0.3, 0.4) is 0 Å². The van der Waals surface area contributed by atoms with Crippen LogP contribution < -0.4 is 5.32 Å². The molecule has 6 heteroatoms. The Kier molecular flexibility index (Phi) is 5.90. The topological polar surface area (TPSA) is 81.7 Å². The van der Waals surface area contributed by atoms with Crippen molar-refractivity contribution in [2.45, 2.75) is 26.2 Å². The summed E-state index contributed by atoms with van der Waals surface area (Å²) < 4.78 is 9.49. The Morgan fingerprint density at radius 2 is 1.71 bits per heavy atom. The molecular weight excluding hydrogens is 274 g/mol. The van der Waals surface area contributed by atoms with E-state index in [1.807, 2.05) is 23.5 Å². The third kappa shape index (κ3) is 4.91. The maximum Gasteiger partial charge on any atom is 0.413 e. The lowest BCUT2D eigenvalue weighted by Gasteiger charge is -2.22. The molecule has 1 rings (SSSR count). The van der Waals surface area contributed by atoms with Crippen molar-refractivity contribution in [2.75, 3.05) is 13.2 Å². The van der Waals surface area contributed by atoms with Gasteiger partial charge in [-0.2, -0.15) is 0 Å². The zero-order valence-corrected chi connectivity index (χ0v) is 12.3. The third-order valence-corrected chi connectivity index (χ3v) is 2.86. The molecule has 0 atom stereocenters. The van der Waals surface area contributed by atoms with Crippen LogP contribution in [0.25, 0.3) is 0 Å². The van der Waals surface area contributed by atoms with E-state index in [1.54, 1.807) is 32.9 Å². The average molecular weight is 293 g/mol. The number of amides is 2. The van der Waals surface area contributed by atoms with Crippen LogP contribution in [0.1, 0.15) is 26.3 Å². The molecule has 2 amide bonds. The van der Waals surface area contributed by atoms with Crippen LogP contribution in [0, 0.1) is 0 Å². The van der Waals surface area contributed by atoms with E-state index in [0.717, 1.165) is 5.56 Å². The van der Waals surface area contributed by atoms with Crippen LogP contribution >= 0.6 is 0 Å². The summed E-state index contributed by atoms with van der Waals surface area (Å²) in [5.41, 5.74) is -0.105. The molecule has 114 valence electrons. The fourth-order valence-corrected chi connectivity index (χ4v) is 1.60. The number of hydrogen-bond donors (Lipinski definition) is 1. The fraction of sp³-hybridized carbons (Fsp3) is 0.400. The minimum atomic E-state index is -0.883. The van der Waals surface area contributed by atoms with Crippen molar-refractivity contribution in [2.24, 2.45) is 0 Å². The Labute approximate surface area is 123 Å². The Morgan fingerprint density at radius 1 is 1.10 bits per heavy atom. The van der Waals surface area contributed by atoms with Crippen molar-refractivity contribution in [3.8, 4) is 0 Å². The van der Waals surface area contributed by atoms with E-state index in [-0.39, 0.29) is 6.61 Å². The molecule has 1 aromatic rings. The van der Waals surface area contributed by atoms with Crippen molar-refractivity contribution < 1.29 is 23.9 Å². The predicted molar refractivity (Wildman–Crippen MR) is 75.6 cm³/mol. The van der Waals surface area contributed by atoms with Crippen molar-refractivity contribution >= 4 is 18.0 Å². The molecule has 0 aliphatic heterocycles. The van der Waals surface area contributed by atoms with Gasteiger partial charge in [0, 0.05) is 0 Å². The molecule has 0 spiro atoms. The summed E-state index contributed by atoms with van der Waals surface area (Å²) in [5.74, 6) is -1.28. The quantitative estimate of drug-likeness (QED) is 0.837. The first kappa shape index (κ1) is 16.7. The number of nitrogens with one attached hydrogen (secondary N) is 1. The van der Waals surface area contributed by atoms with Gasteiger partial charge in [-0.3, -0.25) is 14.9 Å². The Balaban J connectivity index is 2.54. The van der Waals surface area contributed by atoms with Gasteiger partial charge in [-0.1, -0.05) is 30.3 Å². The minimum Gasteiger partial charge on any atom is -0.455 e. The first-order chi connectivity index (χ1) is 9.87. The molecule has 0 radical (unpaired) electrons. The fourth-order valence-electron chi connectivity index (χ4n) is 1.60. The number of rotatable bonds is 5. The molecule has 21 heavy (non-hydrogen) atoms. The van der Waals surface area contributed by atoms with Crippen LogP contribution in [0.4, 0.5) is 4.79 Å². The van der Waals surface area contributed by atoms with E-state index in [4.69, 9.17) is 4.74 Å². The number of carbonyl (C=O) groups is 3. The number of esters is 1. The highest BCUT2D eigenvalue weighted by atomic mass is 16.6. The van der Waals surface area contributed by atoms with E-state index >= 15 is 0 Å². The van der Waals surface area contributed by atoms with Crippen LogP contribution in [0.15, 0.2) is 30.3 Å².